The second-order valence-corrected chi connectivity index (χ2v) is 6.62. The van der Waals surface area contributed by atoms with Gasteiger partial charge in [0.25, 0.3) is 0 Å². The SMILES string of the molecule is Cc1cc(C)cc(-n2ncc(CNC3CC3)c2C(C)C)c1. The molecule has 0 bridgehead atoms. The van der Waals surface area contributed by atoms with E-state index >= 15 is 0 Å². The van der Waals surface area contributed by atoms with Crippen molar-refractivity contribution in [3.63, 3.8) is 0 Å². The van der Waals surface area contributed by atoms with E-state index in [-0.39, 0.29) is 0 Å². The summed E-state index contributed by atoms with van der Waals surface area (Å²) in [5.74, 6) is 0.462. The molecule has 1 fully saturated rings. The van der Waals surface area contributed by atoms with Gasteiger partial charge < -0.3 is 5.32 Å². The number of hydrogen-bond donors (Lipinski definition) is 1. The molecule has 112 valence electrons. The Morgan fingerprint density at radius 1 is 1.19 bits per heavy atom. The van der Waals surface area contributed by atoms with Crippen LogP contribution in [0.3, 0.4) is 0 Å². The van der Waals surface area contributed by atoms with Crippen molar-refractivity contribution >= 4 is 0 Å². The molecule has 3 rings (SSSR count). The van der Waals surface area contributed by atoms with Gasteiger partial charge in [-0.3, -0.25) is 0 Å². The van der Waals surface area contributed by atoms with Gasteiger partial charge in [-0.15, -0.1) is 0 Å². The zero-order valence-electron chi connectivity index (χ0n) is 13.5. The highest BCUT2D eigenvalue weighted by Crippen LogP contribution is 2.25. The molecule has 1 aliphatic carbocycles. The number of rotatable bonds is 5. The van der Waals surface area contributed by atoms with E-state index in [4.69, 9.17) is 0 Å². The smallest absolute Gasteiger partial charge is 0.0654 e. The summed E-state index contributed by atoms with van der Waals surface area (Å²) in [6.07, 6.45) is 4.67. The molecule has 1 N–H and O–H groups in total. The van der Waals surface area contributed by atoms with Crippen LogP contribution in [0.4, 0.5) is 0 Å². The summed E-state index contributed by atoms with van der Waals surface area (Å²) < 4.78 is 2.12. The van der Waals surface area contributed by atoms with Crippen molar-refractivity contribution in [2.45, 2.75) is 59.0 Å². The Labute approximate surface area is 127 Å². The van der Waals surface area contributed by atoms with E-state index in [1.165, 1.54) is 40.9 Å². The summed E-state index contributed by atoms with van der Waals surface area (Å²) in [6, 6.07) is 7.36. The maximum atomic E-state index is 4.66. The maximum Gasteiger partial charge on any atom is 0.0654 e. The number of hydrogen-bond acceptors (Lipinski definition) is 2. The summed E-state index contributed by atoms with van der Waals surface area (Å²) in [4.78, 5) is 0. The van der Waals surface area contributed by atoms with E-state index in [1.54, 1.807) is 0 Å². The molecule has 0 unspecified atom stereocenters. The first-order valence-corrected chi connectivity index (χ1v) is 7.93. The van der Waals surface area contributed by atoms with Crippen LogP contribution in [0.2, 0.25) is 0 Å². The van der Waals surface area contributed by atoms with Crippen LogP contribution < -0.4 is 5.32 Å². The Hall–Kier alpha value is -1.61. The average Bonchev–Trinajstić information content (AvgIpc) is 3.12. The predicted octanol–water partition coefficient (Wildman–Crippen LogP) is 3.86. The highest BCUT2D eigenvalue weighted by atomic mass is 15.3. The highest BCUT2D eigenvalue weighted by Gasteiger charge is 2.22. The average molecular weight is 283 g/mol. The number of nitrogens with zero attached hydrogens (tertiary/aromatic N) is 2. The number of aryl methyl sites for hydroxylation is 2. The molecule has 1 saturated carbocycles. The molecule has 1 aromatic carbocycles. The summed E-state index contributed by atoms with van der Waals surface area (Å²) in [5, 5.41) is 8.27. The van der Waals surface area contributed by atoms with Crippen LogP contribution in [0, 0.1) is 13.8 Å². The molecule has 1 aliphatic rings. The Balaban J connectivity index is 1.96. The highest BCUT2D eigenvalue weighted by molar-refractivity contribution is 5.41. The molecule has 21 heavy (non-hydrogen) atoms. The van der Waals surface area contributed by atoms with Crippen molar-refractivity contribution in [2.75, 3.05) is 0 Å². The molecule has 0 atom stereocenters. The molecule has 0 saturated heterocycles. The molecule has 3 heteroatoms. The van der Waals surface area contributed by atoms with Gasteiger partial charge in [-0.25, -0.2) is 4.68 Å². The molecule has 1 aromatic heterocycles. The molecular formula is C18H25N3. The lowest BCUT2D eigenvalue weighted by atomic mass is 10.0. The molecule has 0 amide bonds. The topological polar surface area (TPSA) is 29.9 Å². The molecule has 0 radical (unpaired) electrons. The zero-order valence-corrected chi connectivity index (χ0v) is 13.5. The Bertz CT molecular complexity index is 616. The minimum absolute atomic E-state index is 0.462. The van der Waals surface area contributed by atoms with Crippen LogP contribution in [0.5, 0.6) is 0 Å². The lowest BCUT2D eigenvalue weighted by Gasteiger charge is -2.14. The number of nitrogens with one attached hydrogen (secondary N) is 1. The van der Waals surface area contributed by atoms with E-state index in [0.717, 1.165) is 12.6 Å². The van der Waals surface area contributed by atoms with Gasteiger partial charge in [0.15, 0.2) is 0 Å². The van der Waals surface area contributed by atoms with Crippen LogP contribution in [0.1, 0.15) is 55.0 Å². The van der Waals surface area contributed by atoms with E-state index in [0.29, 0.717) is 5.92 Å². The van der Waals surface area contributed by atoms with Gasteiger partial charge in [-0.2, -0.15) is 5.10 Å². The van der Waals surface area contributed by atoms with Crippen LogP contribution >= 0.6 is 0 Å². The van der Waals surface area contributed by atoms with Crippen LogP contribution in [0.25, 0.3) is 5.69 Å². The summed E-state index contributed by atoms with van der Waals surface area (Å²) in [7, 11) is 0. The van der Waals surface area contributed by atoms with Crippen LogP contribution in [0.15, 0.2) is 24.4 Å². The Morgan fingerprint density at radius 2 is 1.86 bits per heavy atom. The third kappa shape index (κ3) is 3.18. The molecule has 3 nitrogen and oxygen atoms in total. The standard InChI is InChI=1S/C18H25N3/c1-12(2)18-15(10-19-16-5-6-16)11-20-21(18)17-8-13(3)7-14(4)9-17/h7-9,11-12,16,19H,5-6,10H2,1-4H3. The Morgan fingerprint density at radius 3 is 2.43 bits per heavy atom. The van der Waals surface area contributed by atoms with Crippen LogP contribution in [-0.4, -0.2) is 15.8 Å². The van der Waals surface area contributed by atoms with Crippen molar-refractivity contribution in [1.82, 2.24) is 15.1 Å². The Kier molecular flexibility index (Phi) is 3.85. The van der Waals surface area contributed by atoms with Gasteiger partial charge in [-0.05, 0) is 55.9 Å². The maximum absolute atomic E-state index is 4.66. The third-order valence-corrected chi connectivity index (χ3v) is 4.04. The predicted molar refractivity (Wildman–Crippen MR) is 87.0 cm³/mol. The molecule has 0 spiro atoms. The first-order valence-electron chi connectivity index (χ1n) is 7.93. The van der Waals surface area contributed by atoms with Crippen molar-refractivity contribution in [3.8, 4) is 5.69 Å². The summed E-state index contributed by atoms with van der Waals surface area (Å²) in [5.41, 5.74) is 6.40. The zero-order chi connectivity index (χ0) is 15.0. The van der Waals surface area contributed by atoms with Crippen molar-refractivity contribution in [3.05, 3.63) is 46.8 Å². The van der Waals surface area contributed by atoms with Gasteiger partial charge in [0.2, 0.25) is 0 Å². The quantitative estimate of drug-likeness (QED) is 0.903. The van der Waals surface area contributed by atoms with Crippen molar-refractivity contribution < 1.29 is 0 Å². The molecule has 2 aromatic rings. The number of aromatic nitrogens is 2. The lowest BCUT2D eigenvalue weighted by molar-refractivity contribution is 0.665. The first kappa shape index (κ1) is 14.3. The lowest BCUT2D eigenvalue weighted by Crippen LogP contribution is -2.17. The van der Waals surface area contributed by atoms with E-state index in [2.05, 4.69) is 61.0 Å². The third-order valence-electron chi connectivity index (χ3n) is 4.04. The van der Waals surface area contributed by atoms with E-state index in [1.807, 2.05) is 6.20 Å². The molecule has 1 heterocycles. The second kappa shape index (κ2) is 5.64. The van der Waals surface area contributed by atoms with Gasteiger partial charge >= 0.3 is 0 Å². The van der Waals surface area contributed by atoms with Gasteiger partial charge in [0, 0.05) is 18.2 Å². The first-order chi connectivity index (χ1) is 10.0. The van der Waals surface area contributed by atoms with E-state index < -0.39 is 0 Å². The monoisotopic (exact) mass is 283 g/mol. The molecule has 0 aliphatic heterocycles. The van der Waals surface area contributed by atoms with Gasteiger partial charge in [-0.1, -0.05) is 19.9 Å². The number of benzene rings is 1. The minimum atomic E-state index is 0.462. The van der Waals surface area contributed by atoms with E-state index in [9.17, 15) is 0 Å². The van der Waals surface area contributed by atoms with Crippen LogP contribution in [-0.2, 0) is 6.54 Å². The summed E-state index contributed by atoms with van der Waals surface area (Å²) >= 11 is 0. The van der Waals surface area contributed by atoms with Gasteiger partial charge in [0.05, 0.1) is 17.6 Å². The fourth-order valence-electron chi connectivity index (χ4n) is 2.96. The largest absolute Gasteiger partial charge is 0.310 e. The van der Waals surface area contributed by atoms with Gasteiger partial charge in [0.1, 0.15) is 0 Å². The fourth-order valence-corrected chi connectivity index (χ4v) is 2.96. The fraction of sp³-hybridized carbons (Fsp3) is 0.500. The second-order valence-electron chi connectivity index (χ2n) is 6.62. The van der Waals surface area contributed by atoms with Crippen molar-refractivity contribution in [2.24, 2.45) is 0 Å². The molecular weight excluding hydrogens is 258 g/mol. The normalized spacial score (nSPS) is 14.9. The van der Waals surface area contributed by atoms with Crippen molar-refractivity contribution in [1.29, 1.82) is 0 Å². The summed E-state index contributed by atoms with van der Waals surface area (Å²) in [6.45, 7) is 9.71. The minimum Gasteiger partial charge on any atom is -0.310 e.